The number of likely N-dealkylation sites (tertiary alicyclic amines) is 2. The summed E-state index contributed by atoms with van der Waals surface area (Å²) in [5.74, 6) is 0.650. The molecule has 3 saturated heterocycles. The van der Waals surface area contributed by atoms with E-state index in [1.54, 1.807) is 0 Å². The molecule has 0 saturated carbocycles. The van der Waals surface area contributed by atoms with Crippen LogP contribution in [0.25, 0.3) is 22.3 Å². The molecule has 4 amide bonds. The van der Waals surface area contributed by atoms with Crippen LogP contribution in [0.4, 0.5) is 9.59 Å². The van der Waals surface area contributed by atoms with E-state index in [0.29, 0.717) is 26.1 Å². The molecule has 1 aliphatic carbocycles. The fraction of sp³-hybridized carbons (Fsp3) is 0.500. The molecule has 4 atom stereocenters. The average Bonchev–Trinajstić information content (AvgIpc) is 4.07. The van der Waals surface area contributed by atoms with Crippen molar-refractivity contribution in [3.63, 3.8) is 0 Å². The number of allylic oxidation sites excluding steroid dienone is 3. The van der Waals surface area contributed by atoms with E-state index in [1.165, 1.54) is 30.9 Å². The van der Waals surface area contributed by atoms with Gasteiger partial charge in [-0.3, -0.25) is 14.6 Å². The molecule has 12 heteroatoms. The number of nitrogens with one attached hydrogen (secondary N) is 2. The van der Waals surface area contributed by atoms with Crippen molar-refractivity contribution in [3.05, 3.63) is 82.8 Å². The van der Waals surface area contributed by atoms with Gasteiger partial charge in [0.1, 0.15) is 17.8 Å². The second-order valence-corrected chi connectivity index (χ2v) is 16.6. The van der Waals surface area contributed by atoms with Crippen molar-refractivity contribution in [2.45, 2.75) is 103 Å². The maximum absolute atomic E-state index is 13.9. The Hall–Kier alpha value is -5.39. The number of benzene rings is 2. The largest absolute Gasteiger partial charge is 0.493 e. The standard InChI is InChI=1S/C46H57N5O7/c1-27(2)40(48-45(54)56-5)43(52)50-21-7-11-38(50)36-25-35(42-34(36)10-9-23-58-42)32-19-17-30(18-20-32)29-13-15-31(16-14-29)33-24-37(47-26-33)39-12-8-22-51(39)44(53)41(28(3)4)49-46(55)57-6/h13-20,26-28,38-41H,7-12,21-25H2,1-6H3,(H,48,54)(H,49,55)/t38-,39-,40-,41-/m0/s1. The molecule has 4 heterocycles. The SMILES string of the molecule is COC(=O)N[C@H](C(=O)N1CCC[C@H]1C1=NC=C(c2ccc(-c3ccc(C4=C5OCCCC5=C([C@@H]5CCCN5C(=O)[C@@H](NC(=O)OC)C(C)C)C4)cc3)cc2)C1)C(C)C. The van der Waals surface area contributed by atoms with Crippen LogP contribution >= 0.6 is 0 Å². The molecule has 308 valence electrons. The number of ether oxygens (including phenoxy) is 3. The number of methoxy groups -OCH3 is 2. The summed E-state index contributed by atoms with van der Waals surface area (Å²) >= 11 is 0. The van der Waals surface area contributed by atoms with E-state index >= 15 is 0 Å². The van der Waals surface area contributed by atoms with Gasteiger partial charge < -0.3 is 34.6 Å². The Morgan fingerprint density at radius 1 is 0.690 bits per heavy atom. The van der Waals surface area contributed by atoms with Crippen molar-refractivity contribution in [1.29, 1.82) is 0 Å². The highest BCUT2D eigenvalue weighted by Gasteiger charge is 2.42. The maximum Gasteiger partial charge on any atom is 0.407 e. The van der Waals surface area contributed by atoms with Gasteiger partial charge in [0.15, 0.2) is 0 Å². The van der Waals surface area contributed by atoms with Crippen molar-refractivity contribution in [1.82, 2.24) is 20.4 Å². The van der Waals surface area contributed by atoms with Crippen LogP contribution in [-0.2, 0) is 23.8 Å². The molecular formula is C46H57N5O7. The molecule has 0 bridgehead atoms. The first kappa shape index (κ1) is 40.8. The van der Waals surface area contributed by atoms with Crippen LogP contribution < -0.4 is 10.6 Å². The Labute approximate surface area is 341 Å². The van der Waals surface area contributed by atoms with Gasteiger partial charge in [-0.05, 0) is 89.3 Å². The summed E-state index contributed by atoms with van der Waals surface area (Å²) < 4.78 is 16.0. The topological polar surface area (TPSA) is 139 Å². The number of hydrogen-bond acceptors (Lipinski definition) is 8. The zero-order valence-electron chi connectivity index (χ0n) is 34.6. The lowest BCUT2D eigenvalue weighted by Gasteiger charge is -2.32. The van der Waals surface area contributed by atoms with Crippen LogP contribution in [0, 0.1) is 11.8 Å². The molecular weight excluding hydrogens is 735 g/mol. The van der Waals surface area contributed by atoms with Crippen molar-refractivity contribution in [2.24, 2.45) is 16.8 Å². The lowest BCUT2D eigenvalue weighted by molar-refractivity contribution is -0.135. The molecule has 2 N–H and O–H groups in total. The predicted octanol–water partition coefficient (Wildman–Crippen LogP) is 7.50. The van der Waals surface area contributed by atoms with Crippen LogP contribution in [0.2, 0.25) is 0 Å². The van der Waals surface area contributed by atoms with Gasteiger partial charge in [-0.25, -0.2) is 9.59 Å². The third-order valence-electron chi connectivity index (χ3n) is 12.3. The predicted molar refractivity (Wildman–Crippen MR) is 223 cm³/mol. The molecule has 2 aromatic rings. The van der Waals surface area contributed by atoms with Gasteiger partial charge in [0, 0.05) is 43.4 Å². The van der Waals surface area contributed by atoms with E-state index in [4.69, 9.17) is 19.2 Å². The number of amides is 4. The minimum Gasteiger partial charge on any atom is -0.493 e. The highest BCUT2D eigenvalue weighted by Crippen LogP contribution is 2.47. The Balaban J connectivity index is 1.01. The molecule has 4 aliphatic heterocycles. The van der Waals surface area contributed by atoms with Crippen molar-refractivity contribution >= 4 is 40.9 Å². The Morgan fingerprint density at radius 2 is 1.21 bits per heavy atom. The molecule has 5 aliphatic rings. The first-order valence-corrected chi connectivity index (χ1v) is 20.8. The normalized spacial score (nSPS) is 21.4. The third-order valence-corrected chi connectivity index (χ3v) is 12.3. The van der Waals surface area contributed by atoms with Crippen molar-refractivity contribution < 1.29 is 33.4 Å². The molecule has 12 nitrogen and oxygen atoms in total. The van der Waals surface area contributed by atoms with E-state index in [0.717, 1.165) is 84.2 Å². The van der Waals surface area contributed by atoms with Gasteiger partial charge in [-0.15, -0.1) is 0 Å². The minimum absolute atomic E-state index is 0.0289. The second kappa shape index (κ2) is 17.6. The maximum atomic E-state index is 13.9. The number of fused-ring (bicyclic) bond motifs is 1. The summed E-state index contributed by atoms with van der Waals surface area (Å²) in [5, 5.41) is 5.50. The highest BCUT2D eigenvalue weighted by atomic mass is 16.5. The van der Waals surface area contributed by atoms with Gasteiger partial charge in [0.2, 0.25) is 11.8 Å². The van der Waals surface area contributed by atoms with E-state index in [2.05, 4.69) is 59.2 Å². The fourth-order valence-corrected chi connectivity index (χ4v) is 9.22. The van der Waals surface area contributed by atoms with Gasteiger partial charge in [0.25, 0.3) is 0 Å². The van der Waals surface area contributed by atoms with Crippen LogP contribution in [0.3, 0.4) is 0 Å². The van der Waals surface area contributed by atoms with E-state index in [9.17, 15) is 19.2 Å². The number of aliphatic imine (C=N–C) groups is 1. The molecule has 2 aromatic carbocycles. The lowest BCUT2D eigenvalue weighted by atomic mass is 9.93. The molecule has 3 fully saturated rings. The zero-order chi connectivity index (χ0) is 41.1. The van der Waals surface area contributed by atoms with E-state index < -0.39 is 24.3 Å². The minimum atomic E-state index is -0.659. The summed E-state index contributed by atoms with van der Waals surface area (Å²) in [7, 11) is 2.62. The number of carbonyl (C=O) groups is 4. The molecule has 0 aromatic heterocycles. The van der Waals surface area contributed by atoms with Crippen LogP contribution in [0.5, 0.6) is 0 Å². The molecule has 0 unspecified atom stereocenters. The van der Waals surface area contributed by atoms with E-state index in [1.807, 2.05) is 43.7 Å². The average molecular weight is 792 g/mol. The zero-order valence-corrected chi connectivity index (χ0v) is 34.6. The summed E-state index contributed by atoms with van der Waals surface area (Å²) in [6, 6.07) is 15.8. The van der Waals surface area contributed by atoms with E-state index in [-0.39, 0.29) is 35.7 Å². The third kappa shape index (κ3) is 8.29. The van der Waals surface area contributed by atoms with Crippen LogP contribution in [0.1, 0.15) is 90.2 Å². The van der Waals surface area contributed by atoms with Crippen molar-refractivity contribution in [2.75, 3.05) is 33.9 Å². The Morgan fingerprint density at radius 3 is 1.76 bits per heavy atom. The molecule has 58 heavy (non-hydrogen) atoms. The smallest absolute Gasteiger partial charge is 0.407 e. The summed E-state index contributed by atoms with van der Waals surface area (Å²) in [4.78, 5) is 60.3. The fourth-order valence-electron chi connectivity index (χ4n) is 9.22. The first-order valence-electron chi connectivity index (χ1n) is 20.8. The number of nitrogens with zero attached hydrogens (tertiary/aromatic N) is 3. The summed E-state index contributed by atoms with van der Waals surface area (Å²) in [5.41, 5.74) is 10.2. The Kier molecular flexibility index (Phi) is 12.4. The Bertz CT molecular complexity index is 2030. The lowest BCUT2D eigenvalue weighted by Crippen LogP contribution is -2.53. The first-order chi connectivity index (χ1) is 28.0. The summed E-state index contributed by atoms with van der Waals surface area (Å²) in [6.07, 6.45) is 7.55. The monoisotopic (exact) mass is 791 g/mol. The highest BCUT2D eigenvalue weighted by molar-refractivity contribution is 6.04. The van der Waals surface area contributed by atoms with Gasteiger partial charge >= 0.3 is 12.2 Å². The molecule has 0 spiro atoms. The molecule has 7 rings (SSSR count). The number of hydrogen-bond donors (Lipinski definition) is 2. The van der Waals surface area contributed by atoms with Crippen LogP contribution in [-0.4, -0.2) is 97.6 Å². The van der Waals surface area contributed by atoms with Gasteiger partial charge in [0.05, 0.1) is 32.9 Å². The molecule has 0 radical (unpaired) electrons. The van der Waals surface area contributed by atoms with Crippen molar-refractivity contribution in [3.8, 4) is 11.1 Å². The number of rotatable bonds is 11. The second-order valence-electron chi connectivity index (χ2n) is 16.6. The van der Waals surface area contributed by atoms with Crippen LogP contribution in [0.15, 0.2) is 76.6 Å². The quantitative estimate of drug-likeness (QED) is 0.240. The number of alkyl carbamates (subject to hydrolysis) is 2. The summed E-state index contributed by atoms with van der Waals surface area (Å²) in [6.45, 7) is 9.70. The van der Waals surface area contributed by atoms with Gasteiger partial charge in [-0.2, -0.15) is 0 Å². The van der Waals surface area contributed by atoms with Gasteiger partial charge in [-0.1, -0.05) is 76.2 Å². The number of carbonyl (C=O) groups excluding carboxylic acids is 4.